The number of allylic oxidation sites excluding steroid dienone is 1. The number of rotatable bonds is 6. The van der Waals surface area contributed by atoms with Gasteiger partial charge in [-0.05, 0) is 60.9 Å². The Morgan fingerprint density at radius 2 is 1.78 bits per heavy atom. The third-order valence-electron chi connectivity index (χ3n) is 7.51. The molecule has 4 N–H and O–H groups in total. The SMILES string of the molecule is C/C(N)=C(\c1cc(F)c2c3ncc(C(C)C)cc3n(C(c3ccccc3)C3CCOCC3)c2c1)N(C)N. The van der Waals surface area contributed by atoms with Gasteiger partial charge in [-0.3, -0.25) is 4.98 Å². The molecule has 1 unspecified atom stereocenters. The van der Waals surface area contributed by atoms with Crippen molar-refractivity contribution in [2.24, 2.45) is 17.5 Å². The van der Waals surface area contributed by atoms with E-state index in [1.165, 1.54) is 16.6 Å². The van der Waals surface area contributed by atoms with Gasteiger partial charge in [0.1, 0.15) is 5.82 Å². The number of nitrogens with zero attached hydrogens (tertiary/aromatic N) is 3. The van der Waals surface area contributed by atoms with Crippen LogP contribution in [0.1, 0.15) is 62.3 Å². The Hall–Kier alpha value is -3.42. The van der Waals surface area contributed by atoms with Crippen molar-refractivity contribution >= 4 is 27.6 Å². The Morgan fingerprint density at radius 3 is 2.41 bits per heavy atom. The molecule has 2 aromatic carbocycles. The molecule has 0 aliphatic carbocycles. The molecule has 1 saturated heterocycles. The minimum absolute atomic E-state index is 0.00836. The molecular weight excluding hydrogens is 465 g/mol. The maximum Gasteiger partial charge on any atom is 0.135 e. The topological polar surface area (TPSA) is 82.3 Å². The Balaban J connectivity index is 1.90. The first-order valence-corrected chi connectivity index (χ1v) is 13.0. The van der Waals surface area contributed by atoms with Crippen molar-refractivity contribution in [2.45, 2.75) is 45.6 Å². The molecule has 7 heteroatoms. The second-order valence-corrected chi connectivity index (χ2v) is 10.5. The Kier molecular flexibility index (Phi) is 6.92. The number of aromatic nitrogens is 2. The maximum absolute atomic E-state index is 16.0. The summed E-state index contributed by atoms with van der Waals surface area (Å²) in [5.41, 5.74) is 12.7. The van der Waals surface area contributed by atoms with Gasteiger partial charge in [-0.1, -0.05) is 44.2 Å². The molecule has 1 aliphatic heterocycles. The van der Waals surface area contributed by atoms with E-state index in [4.69, 9.17) is 21.3 Å². The molecule has 0 bridgehead atoms. The van der Waals surface area contributed by atoms with Gasteiger partial charge in [0.2, 0.25) is 0 Å². The molecule has 37 heavy (non-hydrogen) atoms. The van der Waals surface area contributed by atoms with Crippen molar-refractivity contribution < 1.29 is 9.13 Å². The molecule has 0 radical (unpaired) electrons. The van der Waals surface area contributed by atoms with Crippen molar-refractivity contribution in [1.29, 1.82) is 0 Å². The first-order valence-electron chi connectivity index (χ1n) is 13.0. The predicted molar refractivity (Wildman–Crippen MR) is 148 cm³/mol. The number of hydrogen-bond acceptors (Lipinski definition) is 5. The van der Waals surface area contributed by atoms with Gasteiger partial charge in [0.25, 0.3) is 0 Å². The summed E-state index contributed by atoms with van der Waals surface area (Å²) in [5.74, 6) is 6.43. The van der Waals surface area contributed by atoms with E-state index in [1.54, 1.807) is 14.0 Å². The fourth-order valence-electron chi connectivity index (χ4n) is 5.77. The number of nitrogens with two attached hydrogens (primary N) is 2. The minimum atomic E-state index is -0.333. The van der Waals surface area contributed by atoms with E-state index in [0.717, 1.165) is 42.7 Å². The average Bonchev–Trinajstić information content (AvgIpc) is 3.19. The van der Waals surface area contributed by atoms with E-state index in [2.05, 4.69) is 48.7 Å². The summed E-state index contributed by atoms with van der Waals surface area (Å²) in [6.07, 6.45) is 3.73. The first-order chi connectivity index (χ1) is 17.8. The summed E-state index contributed by atoms with van der Waals surface area (Å²) in [5, 5.41) is 1.97. The van der Waals surface area contributed by atoms with Crippen LogP contribution in [0.3, 0.4) is 0 Å². The van der Waals surface area contributed by atoms with Crippen LogP contribution >= 0.6 is 0 Å². The van der Waals surface area contributed by atoms with E-state index in [9.17, 15) is 0 Å². The predicted octanol–water partition coefficient (Wildman–Crippen LogP) is 5.92. The van der Waals surface area contributed by atoms with Gasteiger partial charge < -0.3 is 20.0 Å². The highest BCUT2D eigenvalue weighted by Gasteiger charge is 2.31. The fourth-order valence-corrected chi connectivity index (χ4v) is 5.77. The molecule has 194 valence electrons. The van der Waals surface area contributed by atoms with Crippen LogP contribution in [0.4, 0.5) is 4.39 Å². The van der Waals surface area contributed by atoms with Crippen LogP contribution in [0.2, 0.25) is 0 Å². The lowest BCUT2D eigenvalue weighted by Crippen LogP contribution is -2.27. The van der Waals surface area contributed by atoms with Crippen molar-refractivity contribution in [3.63, 3.8) is 0 Å². The van der Waals surface area contributed by atoms with Crippen LogP contribution in [0.25, 0.3) is 27.6 Å². The Bertz CT molecular complexity index is 1450. The second-order valence-electron chi connectivity index (χ2n) is 10.5. The summed E-state index contributed by atoms with van der Waals surface area (Å²) in [4.78, 5) is 4.82. The largest absolute Gasteiger partial charge is 0.401 e. The molecule has 1 fully saturated rings. The van der Waals surface area contributed by atoms with E-state index in [0.29, 0.717) is 39.7 Å². The highest BCUT2D eigenvalue weighted by Crippen LogP contribution is 2.42. The lowest BCUT2D eigenvalue weighted by molar-refractivity contribution is 0.0553. The number of fused-ring (bicyclic) bond motifs is 3. The number of ether oxygens (including phenoxy) is 1. The zero-order chi connectivity index (χ0) is 26.3. The molecule has 5 rings (SSSR count). The minimum Gasteiger partial charge on any atom is -0.401 e. The third kappa shape index (κ3) is 4.58. The number of hydrazine groups is 1. The molecule has 1 atom stereocenters. The van der Waals surface area contributed by atoms with Gasteiger partial charge in [-0.2, -0.15) is 0 Å². The summed E-state index contributed by atoms with van der Waals surface area (Å²) in [6, 6.07) is 16.2. The Labute approximate surface area is 217 Å². The normalized spacial score (nSPS) is 16.4. The summed E-state index contributed by atoms with van der Waals surface area (Å²) < 4.78 is 24.1. The van der Waals surface area contributed by atoms with Gasteiger partial charge in [0.05, 0.1) is 33.7 Å². The van der Waals surface area contributed by atoms with Gasteiger partial charge in [-0.15, -0.1) is 0 Å². The molecule has 6 nitrogen and oxygen atoms in total. The van der Waals surface area contributed by atoms with Crippen LogP contribution in [0.5, 0.6) is 0 Å². The van der Waals surface area contributed by atoms with Crippen molar-refractivity contribution in [3.8, 4) is 0 Å². The molecular formula is C30H36FN5O. The van der Waals surface area contributed by atoms with Crippen LogP contribution in [-0.4, -0.2) is 34.8 Å². The van der Waals surface area contributed by atoms with Gasteiger partial charge in [0.15, 0.2) is 0 Å². The highest BCUT2D eigenvalue weighted by molar-refractivity contribution is 6.07. The maximum atomic E-state index is 16.0. The number of benzene rings is 2. The molecule has 3 heterocycles. The fraction of sp³-hybridized carbons (Fsp3) is 0.367. The molecule has 4 aromatic rings. The monoisotopic (exact) mass is 501 g/mol. The van der Waals surface area contributed by atoms with E-state index >= 15 is 4.39 Å². The highest BCUT2D eigenvalue weighted by atomic mass is 19.1. The molecule has 0 spiro atoms. The molecule has 2 aromatic heterocycles. The molecule has 1 aliphatic rings. The first kappa shape index (κ1) is 25.2. The van der Waals surface area contributed by atoms with Gasteiger partial charge in [-0.25, -0.2) is 10.2 Å². The lowest BCUT2D eigenvalue weighted by Gasteiger charge is -2.33. The smallest absolute Gasteiger partial charge is 0.135 e. The van der Waals surface area contributed by atoms with Gasteiger partial charge in [0, 0.05) is 37.7 Å². The summed E-state index contributed by atoms with van der Waals surface area (Å²) in [7, 11) is 1.72. The Morgan fingerprint density at radius 1 is 1.08 bits per heavy atom. The standard InChI is InChI=1S/C30H36FN5O/c1-18(2)23-16-26-28(34-17-23)27-24(31)14-22(29(19(3)32)35(4)33)15-25(27)36(26)30(20-8-6-5-7-9-20)21-10-12-37-13-11-21/h5-9,14-18,21,30H,10-13,32-33H2,1-4H3/b29-19-. The summed E-state index contributed by atoms with van der Waals surface area (Å²) in [6.45, 7) is 7.52. The van der Waals surface area contributed by atoms with E-state index < -0.39 is 0 Å². The summed E-state index contributed by atoms with van der Waals surface area (Å²) >= 11 is 0. The molecule has 0 amide bonds. The zero-order valence-electron chi connectivity index (χ0n) is 22.0. The average molecular weight is 502 g/mol. The van der Waals surface area contributed by atoms with E-state index in [1.807, 2.05) is 18.3 Å². The van der Waals surface area contributed by atoms with Crippen molar-refractivity contribution in [1.82, 2.24) is 14.6 Å². The number of halogens is 1. The van der Waals surface area contributed by atoms with Crippen molar-refractivity contribution in [3.05, 3.63) is 82.9 Å². The molecule has 0 saturated carbocycles. The number of hydrogen-bond donors (Lipinski definition) is 2. The lowest BCUT2D eigenvalue weighted by atomic mass is 9.86. The van der Waals surface area contributed by atoms with Crippen molar-refractivity contribution in [2.75, 3.05) is 20.3 Å². The van der Waals surface area contributed by atoms with Crippen LogP contribution in [0.15, 0.2) is 60.4 Å². The zero-order valence-corrected chi connectivity index (χ0v) is 22.0. The number of pyridine rings is 1. The quantitative estimate of drug-likeness (QED) is 0.253. The van der Waals surface area contributed by atoms with Crippen LogP contribution in [-0.2, 0) is 4.74 Å². The van der Waals surface area contributed by atoms with Gasteiger partial charge >= 0.3 is 0 Å². The van der Waals surface area contributed by atoms with E-state index in [-0.39, 0.29) is 11.9 Å². The third-order valence-corrected chi connectivity index (χ3v) is 7.51. The van der Waals surface area contributed by atoms with Crippen LogP contribution < -0.4 is 11.6 Å². The second kappa shape index (κ2) is 10.1. The van der Waals surface area contributed by atoms with Crippen LogP contribution in [0, 0.1) is 11.7 Å².